The van der Waals surface area contributed by atoms with Crippen molar-refractivity contribution in [1.82, 2.24) is 14.7 Å². The van der Waals surface area contributed by atoms with Gasteiger partial charge in [-0.05, 0) is 60.9 Å². The monoisotopic (exact) mass is 411 g/mol. The van der Waals surface area contributed by atoms with Crippen LogP contribution in [0, 0.1) is 5.82 Å². The van der Waals surface area contributed by atoms with Crippen molar-refractivity contribution in [2.45, 2.75) is 25.2 Å². The summed E-state index contributed by atoms with van der Waals surface area (Å²) < 4.78 is 14.8. The summed E-state index contributed by atoms with van der Waals surface area (Å²) in [5.41, 5.74) is 3.21. The topological polar surface area (TPSA) is 38.1 Å². The first kappa shape index (κ1) is 19.6. The third-order valence-electron chi connectivity index (χ3n) is 5.54. The molecule has 0 saturated carbocycles. The van der Waals surface area contributed by atoms with Gasteiger partial charge in [-0.25, -0.2) is 4.39 Å². The van der Waals surface area contributed by atoms with Crippen molar-refractivity contribution < 1.29 is 9.18 Å². The average Bonchev–Trinajstić information content (AvgIpc) is 2.95. The lowest BCUT2D eigenvalue weighted by Gasteiger charge is -2.25. The molecule has 1 aromatic heterocycles. The fourth-order valence-electron chi connectivity index (χ4n) is 3.92. The number of halogens is 2. The Morgan fingerprint density at radius 2 is 1.83 bits per heavy atom. The van der Waals surface area contributed by atoms with E-state index in [4.69, 9.17) is 11.6 Å². The van der Waals surface area contributed by atoms with Crippen LogP contribution in [-0.2, 0) is 7.05 Å². The van der Waals surface area contributed by atoms with Gasteiger partial charge in [-0.15, -0.1) is 0 Å². The summed E-state index contributed by atoms with van der Waals surface area (Å²) in [4.78, 5) is 15.2. The average molecular weight is 412 g/mol. The molecule has 1 fully saturated rings. The molecule has 150 valence electrons. The van der Waals surface area contributed by atoms with E-state index in [1.54, 1.807) is 29.9 Å². The number of rotatable bonds is 3. The lowest BCUT2D eigenvalue weighted by molar-refractivity contribution is 0.0743. The number of carbonyl (C=O) groups is 1. The summed E-state index contributed by atoms with van der Waals surface area (Å²) in [6.45, 7) is 1.41. The van der Waals surface area contributed by atoms with E-state index in [2.05, 4.69) is 17.2 Å². The molecule has 0 N–H and O–H groups in total. The van der Waals surface area contributed by atoms with Crippen molar-refractivity contribution in [1.29, 1.82) is 0 Å². The number of nitrogens with zero attached hydrogens (tertiary/aromatic N) is 3. The van der Waals surface area contributed by atoms with Gasteiger partial charge < -0.3 is 4.90 Å². The maximum absolute atomic E-state index is 13.3. The van der Waals surface area contributed by atoms with E-state index in [1.807, 2.05) is 17.0 Å². The second-order valence-corrected chi connectivity index (χ2v) is 7.98. The zero-order valence-electron chi connectivity index (χ0n) is 16.3. The highest BCUT2D eigenvalue weighted by Crippen LogP contribution is 2.29. The normalized spacial score (nSPS) is 17.2. The third kappa shape index (κ3) is 4.35. The van der Waals surface area contributed by atoms with Crippen LogP contribution >= 0.6 is 11.6 Å². The Morgan fingerprint density at radius 1 is 1.10 bits per heavy atom. The van der Waals surface area contributed by atoms with Gasteiger partial charge in [0.05, 0.1) is 5.69 Å². The zero-order chi connectivity index (χ0) is 20.4. The van der Waals surface area contributed by atoms with E-state index in [0.29, 0.717) is 23.9 Å². The minimum atomic E-state index is -0.293. The van der Waals surface area contributed by atoms with Gasteiger partial charge in [0.1, 0.15) is 11.5 Å². The Bertz CT molecular complexity index is 998. The van der Waals surface area contributed by atoms with Crippen molar-refractivity contribution >= 4 is 17.5 Å². The number of amides is 1. The minimum Gasteiger partial charge on any atom is -0.337 e. The summed E-state index contributed by atoms with van der Waals surface area (Å²) >= 11 is 6.03. The Labute approximate surface area is 174 Å². The van der Waals surface area contributed by atoms with E-state index in [9.17, 15) is 9.18 Å². The van der Waals surface area contributed by atoms with Gasteiger partial charge in [-0.3, -0.25) is 9.48 Å². The molecule has 0 aliphatic carbocycles. The first-order valence-electron chi connectivity index (χ1n) is 9.86. The number of aryl methyl sites for hydroxylation is 1. The first-order chi connectivity index (χ1) is 14.0. The molecule has 2 heterocycles. The molecule has 1 amide bonds. The molecular weight excluding hydrogens is 389 g/mol. The summed E-state index contributed by atoms with van der Waals surface area (Å²) in [5, 5.41) is 5.19. The van der Waals surface area contributed by atoms with E-state index >= 15 is 0 Å². The van der Waals surface area contributed by atoms with Gasteiger partial charge >= 0.3 is 0 Å². The summed E-state index contributed by atoms with van der Waals surface area (Å²) in [6.07, 6.45) is 3.12. The fraction of sp³-hybridized carbons (Fsp3) is 0.304. The van der Waals surface area contributed by atoms with Gasteiger partial charge in [0.25, 0.3) is 5.91 Å². The third-order valence-corrected chi connectivity index (χ3v) is 5.79. The van der Waals surface area contributed by atoms with Crippen LogP contribution in [-0.4, -0.2) is 33.7 Å². The maximum Gasteiger partial charge on any atom is 0.272 e. The van der Waals surface area contributed by atoms with Gasteiger partial charge in [-0.1, -0.05) is 30.2 Å². The summed E-state index contributed by atoms with van der Waals surface area (Å²) in [6, 6.07) is 15.9. The number of hydrogen-bond acceptors (Lipinski definition) is 2. The van der Waals surface area contributed by atoms with Crippen molar-refractivity contribution in [2.75, 3.05) is 13.1 Å². The highest BCUT2D eigenvalue weighted by Gasteiger charge is 2.26. The van der Waals surface area contributed by atoms with Gasteiger partial charge in [0, 0.05) is 36.6 Å². The summed E-state index contributed by atoms with van der Waals surface area (Å²) in [7, 11) is 1.77. The van der Waals surface area contributed by atoms with E-state index in [-0.39, 0.29) is 11.7 Å². The minimum absolute atomic E-state index is 0.0192. The van der Waals surface area contributed by atoms with Gasteiger partial charge in [0.2, 0.25) is 0 Å². The standard InChI is InChI=1S/C23H23ClFN3O/c1-27-22(14-21(26-27)17-7-11-20(25)12-8-17)23(29)28-13-3-2-4-18(15-28)16-5-9-19(24)10-6-16/h5-12,14,18H,2-4,13,15H2,1H3. The lowest BCUT2D eigenvalue weighted by atomic mass is 9.94. The zero-order valence-corrected chi connectivity index (χ0v) is 17.1. The largest absolute Gasteiger partial charge is 0.337 e. The quantitative estimate of drug-likeness (QED) is 0.587. The van der Waals surface area contributed by atoms with Crippen molar-refractivity contribution in [3.63, 3.8) is 0 Å². The van der Waals surface area contributed by atoms with E-state index in [1.165, 1.54) is 17.7 Å². The molecule has 1 saturated heterocycles. The molecular formula is C23H23ClFN3O. The highest BCUT2D eigenvalue weighted by atomic mass is 35.5. The van der Waals surface area contributed by atoms with Crippen molar-refractivity contribution in [2.24, 2.45) is 7.05 Å². The molecule has 6 heteroatoms. The van der Waals surface area contributed by atoms with Crippen LogP contribution in [0.4, 0.5) is 4.39 Å². The number of carbonyl (C=O) groups excluding carboxylic acids is 1. The molecule has 4 rings (SSSR count). The predicted octanol–water partition coefficient (Wildman–Crippen LogP) is 5.29. The maximum atomic E-state index is 13.3. The molecule has 1 aliphatic rings. The number of hydrogen-bond donors (Lipinski definition) is 0. The Kier molecular flexibility index (Phi) is 5.67. The molecule has 0 spiro atoms. The van der Waals surface area contributed by atoms with Crippen molar-refractivity contribution in [3.8, 4) is 11.3 Å². The molecule has 29 heavy (non-hydrogen) atoms. The molecule has 1 atom stereocenters. The molecule has 3 aromatic rings. The van der Waals surface area contributed by atoms with Crippen LogP contribution in [0.5, 0.6) is 0 Å². The molecule has 1 aliphatic heterocycles. The highest BCUT2D eigenvalue weighted by molar-refractivity contribution is 6.30. The number of likely N-dealkylation sites (tertiary alicyclic amines) is 1. The van der Waals surface area contributed by atoms with Crippen LogP contribution in [0.1, 0.15) is 41.2 Å². The van der Waals surface area contributed by atoms with E-state index in [0.717, 1.165) is 36.4 Å². The Balaban J connectivity index is 1.56. The van der Waals surface area contributed by atoms with Crippen LogP contribution in [0.25, 0.3) is 11.3 Å². The van der Waals surface area contributed by atoms with E-state index < -0.39 is 0 Å². The number of benzene rings is 2. The Hall–Kier alpha value is -2.66. The molecule has 0 radical (unpaired) electrons. The van der Waals surface area contributed by atoms with Crippen molar-refractivity contribution in [3.05, 3.63) is 76.7 Å². The van der Waals surface area contributed by atoms with Crippen LogP contribution in [0.15, 0.2) is 54.6 Å². The lowest BCUT2D eigenvalue weighted by Crippen LogP contribution is -2.35. The second kappa shape index (κ2) is 8.37. The smallest absolute Gasteiger partial charge is 0.272 e. The fourth-order valence-corrected chi connectivity index (χ4v) is 4.05. The molecule has 0 bridgehead atoms. The molecule has 4 nitrogen and oxygen atoms in total. The molecule has 2 aromatic carbocycles. The van der Waals surface area contributed by atoms with Crippen LogP contribution in [0.3, 0.4) is 0 Å². The Morgan fingerprint density at radius 3 is 2.55 bits per heavy atom. The second-order valence-electron chi connectivity index (χ2n) is 7.54. The number of aromatic nitrogens is 2. The van der Waals surface area contributed by atoms with Crippen LogP contribution < -0.4 is 0 Å². The predicted molar refractivity (Wildman–Crippen MR) is 113 cm³/mol. The summed E-state index contributed by atoms with van der Waals surface area (Å²) in [5.74, 6) is -0.0171. The first-order valence-corrected chi connectivity index (χ1v) is 10.2. The SMILES string of the molecule is Cn1nc(-c2ccc(F)cc2)cc1C(=O)N1CCCCC(c2ccc(Cl)cc2)C1. The van der Waals surface area contributed by atoms with Crippen LogP contribution in [0.2, 0.25) is 5.02 Å². The van der Waals surface area contributed by atoms with Gasteiger partial charge in [-0.2, -0.15) is 5.10 Å². The van der Waals surface area contributed by atoms with Gasteiger partial charge in [0.15, 0.2) is 0 Å². The molecule has 1 unspecified atom stereocenters.